The Balaban J connectivity index is 2.54. The standard InChI is InChI=1S/C9H14N2O2/c1-12-4-5-13-9-2-3-11-7-8(9)6-10/h2-3,7H,4-6,10H2,1H3. The lowest BCUT2D eigenvalue weighted by atomic mass is 10.2. The van der Waals surface area contributed by atoms with Crippen molar-refractivity contribution in [1.82, 2.24) is 4.98 Å². The van der Waals surface area contributed by atoms with Crippen LogP contribution in [0.1, 0.15) is 5.56 Å². The van der Waals surface area contributed by atoms with Gasteiger partial charge in [-0.15, -0.1) is 0 Å². The molecule has 1 aromatic rings. The van der Waals surface area contributed by atoms with Gasteiger partial charge in [0.05, 0.1) is 6.61 Å². The number of hydrogen-bond acceptors (Lipinski definition) is 4. The molecular formula is C9H14N2O2. The first kappa shape index (κ1) is 9.95. The molecule has 0 bridgehead atoms. The predicted octanol–water partition coefficient (Wildman–Crippen LogP) is 0.566. The summed E-state index contributed by atoms with van der Waals surface area (Å²) >= 11 is 0. The van der Waals surface area contributed by atoms with Gasteiger partial charge in [-0.3, -0.25) is 4.98 Å². The van der Waals surface area contributed by atoms with Gasteiger partial charge in [-0.25, -0.2) is 0 Å². The van der Waals surface area contributed by atoms with Crippen LogP contribution in [0.3, 0.4) is 0 Å². The van der Waals surface area contributed by atoms with Gasteiger partial charge in [0.15, 0.2) is 0 Å². The highest BCUT2D eigenvalue weighted by Crippen LogP contribution is 2.15. The van der Waals surface area contributed by atoms with Crippen molar-refractivity contribution < 1.29 is 9.47 Å². The summed E-state index contributed by atoms with van der Waals surface area (Å²) in [6, 6.07) is 1.80. The van der Waals surface area contributed by atoms with E-state index in [1.165, 1.54) is 0 Å². The van der Waals surface area contributed by atoms with Crippen LogP contribution in [0.15, 0.2) is 18.5 Å². The Labute approximate surface area is 77.7 Å². The van der Waals surface area contributed by atoms with Gasteiger partial charge in [-0.2, -0.15) is 0 Å². The number of methoxy groups -OCH3 is 1. The van der Waals surface area contributed by atoms with Gasteiger partial charge in [-0.1, -0.05) is 0 Å². The number of aromatic nitrogens is 1. The first-order chi connectivity index (χ1) is 6.38. The average molecular weight is 182 g/mol. The van der Waals surface area contributed by atoms with E-state index in [1.54, 1.807) is 25.6 Å². The Kier molecular flexibility index (Phi) is 4.21. The van der Waals surface area contributed by atoms with E-state index < -0.39 is 0 Å². The van der Waals surface area contributed by atoms with Crippen molar-refractivity contribution in [3.63, 3.8) is 0 Å². The Bertz CT molecular complexity index is 253. The summed E-state index contributed by atoms with van der Waals surface area (Å²) in [5.74, 6) is 0.787. The second-order valence-corrected chi connectivity index (χ2v) is 2.53. The van der Waals surface area contributed by atoms with Gasteiger partial charge in [0.1, 0.15) is 12.4 Å². The fraction of sp³-hybridized carbons (Fsp3) is 0.444. The molecule has 72 valence electrons. The molecule has 13 heavy (non-hydrogen) atoms. The molecule has 4 nitrogen and oxygen atoms in total. The highest BCUT2D eigenvalue weighted by molar-refractivity contribution is 5.29. The van der Waals surface area contributed by atoms with E-state index in [0.29, 0.717) is 19.8 Å². The second kappa shape index (κ2) is 5.50. The van der Waals surface area contributed by atoms with Crippen molar-refractivity contribution in [1.29, 1.82) is 0 Å². The molecule has 1 rings (SSSR count). The van der Waals surface area contributed by atoms with Crippen LogP contribution in [-0.2, 0) is 11.3 Å². The zero-order valence-electron chi connectivity index (χ0n) is 7.69. The molecule has 2 N–H and O–H groups in total. The second-order valence-electron chi connectivity index (χ2n) is 2.53. The predicted molar refractivity (Wildman–Crippen MR) is 49.5 cm³/mol. The van der Waals surface area contributed by atoms with Crippen LogP contribution < -0.4 is 10.5 Å². The molecule has 1 heterocycles. The summed E-state index contributed by atoms with van der Waals surface area (Å²) in [4.78, 5) is 3.95. The van der Waals surface area contributed by atoms with Crippen molar-refractivity contribution in [3.8, 4) is 5.75 Å². The molecule has 0 fully saturated rings. The van der Waals surface area contributed by atoms with Gasteiger partial charge in [0, 0.05) is 31.6 Å². The van der Waals surface area contributed by atoms with E-state index in [9.17, 15) is 0 Å². The summed E-state index contributed by atoms with van der Waals surface area (Å²) in [5.41, 5.74) is 6.42. The largest absolute Gasteiger partial charge is 0.491 e. The molecule has 0 amide bonds. The Morgan fingerprint density at radius 2 is 2.31 bits per heavy atom. The molecule has 0 spiro atoms. The fourth-order valence-corrected chi connectivity index (χ4v) is 0.943. The minimum atomic E-state index is 0.441. The SMILES string of the molecule is COCCOc1ccncc1CN. The van der Waals surface area contributed by atoms with Gasteiger partial charge in [0.2, 0.25) is 0 Å². The average Bonchev–Trinajstić information content (AvgIpc) is 2.19. The first-order valence-electron chi connectivity index (χ1n) is 4.13. The number of pyridine rings is 1. The third kappa shape index (κ3) is 3.01. The van der Waals surface area contributed by atoms with Crippen LogP contribution in [0.2, 0.25) is 0 Å². The highest BCUT2D eigenvalue weighted by Gasteiger charge is 2.00. The lowest BCUT2D eigenvalue weighted by molar-refractivity contribution is 0.145. The van der Waals surface area contributed by atoms with Crippen molar-refractivity contribution in [2.75, 3.05) is 20.3 Å². The Hall–Kier alpha value is -1.13. The Morgan fingerprint density at radius 1 is 1.46 bits per heavy atom. The van der Waals surface area contributed by atoms with Gasteiger partial charge < -0.3 is 15.2 Å². The molecule has 0 aromatic carbocycles. The maximum absolute atomic E-state index is 5.50. The van der Waals surface area contributed by atoms with E-state index in [0.717, 1.165) is 11.3 Å². The quantitative estimate of drug-likeness (QED) is 0.676. The molecule has 0 unspecified atom stereocenters. The lowest BCUT2D eigenvalue weighted by Crippen LogP contribution is -2.07. The maximum Gasteiger partial charge on any atom is 0.126 e. The number of hydrogen-bond donors (Lipinski definition) is 1. The summed E-state index contributed by atoms with van der Waals surface area (Å²) < 4.78 is 10.3. The first-order valence-corrected chi connectivity index (χ1v) is 4.13. The molecule has 0 saturated carbocycles. The number of nitrogens with two attached hydrogens (primary N) is 1. The molecule has 1 aromatic heterocycles. The fourth-order valence-electron chi connectivity index (χ4n) is 0.943. The van der Waals surface area contributed by atoms with Crippen LogP contribution in [0.5, 0.6) is 5.75 Å². The van der Waals surface area contributed by atoms with Crippen LogP contribution in [0.4, 0.5) is 0 Å². The minimum Gasteiger partial charge on any atom is -0.491 e. The normalized spacial score (nSPS) is 10.0. The topological polar surface area (TPSA) is 57.4 Å². The molecule has 0 atom stereocenters. The van der Waals surface area contributed by atoms with E-state index in [-0.39, 0.29) is 0 Å². The smallest absolute Gasteiger partial charge is 0.126 e. The molecular weight excluding hydrogens is 168 g/mol. The van der Waals surface area contributed by atoms with E-state index in [2.05, 4.69) is 4.98 Å². The third-order valence-electron chi connectivity index (χ3n) is 1.62. The van der Waals surface area contributed by atoms with Crippen molar-refractivity contribution in [3.05, 3.63) is 24.0 Å². The van der Waals surface area contributed by atoms with E-state index in [1.807, 2.05) is 0 Å². The molecule has 0 radical (unpaired) electrons. The summed E-state index contributed by atoms with van der Waals surface area (Å²) in [6.45, 7) is 1.55. The summed E-state index contributed by atoms with van der Waals surface area (Å²) in [6.07, 6.45) is 3.39. The number of ether oxygens (including phenoxy) is 2. The van der Waals surface area contributed by atoms with Crippen LogP contribution in [0.25, 0.3) is 0 Å². The van der Waals surface area contributed by atoms with Crippen molar-refractivity contribution >= 4 is 0 Å². The van der Waals surface area contributed by atoms with E-state index in [4.69, 9.17) is 15.2 Å². The number of rotatable bonds is 5. The van der Waals surface area contributed by atoms with Crippen LogP contribution in [-0.4, -0.2) is 25.3 Å². The van der Waals surface area contributed by atoms with Gasteiger partial charge in [-0.05, 0) is 6.07 Å². The van der Waals surface area contributed by atoms with Gasteiger partial charge >= 0.3 is 0 Å². The zero-order valence-corrected chi connectivity index (χ0v) is 7.69. The van der Waals surface area contributed by atoms with E-state index >= 15 is 0 Å². The molecule has 4 heteroatoms. The van der Waals surface area contributed by atoms with Gasteiger partial charge in [0.25, 0.3) is 0 Å². The lowest BCUT2D eigenvalue weighted by Gasteiger charge is -2.08. The summed E-state index contributed by atoms with van der Waals surface area (Å²) in [5, 5.41) is 0. The molecule has 0 saturated heterocycles. The zero-order chi connectivity index (χ0) is 9.52. The highest BCUT2D eigenvalue weighted by atomic mass is 16.5. The van der Waals surface area contributed by atoms with Crippen molar-refractivity contribution in [2.45, 2.75) is 6.54 Å². The monoisotopic (exact) mass is 182 g/mol. The van der Waals surface area contributed by atoms with Crippen LogP contribution >= 0.6 is 0 Å². The third-order valence-corrected chi connectivity index (χ3v) is 1.62. The number of nitrogens with zero attached hydrogens (tertiary/aromatic N) is 1. The van der Waals surface area contributed by atoms with Crippen molar-refractivity contribution in [2.24, 2.45) is 5.73 Å². The maximum atomic E-state index is 5.50. The van der Waals surface area contributed by atoms with Crippen LogP contribution in [0, 0.1) is 0 Å². The molecule has 0 aliphatic carbocycles. The molecule has 0 aliphatic heterocycles. The Morgan fingerprint density at radius 3 is 3.00 bits per heavy atom. The minimum absolute atomic E-state index is 0.441. The summed E-state index contributed by atoms with van der Waals surface area (Å²) in [7, 11) is 1.64. The molecule has 0 aliphatic rings.